The summed E-state index contributed by atoms with van der Waals surface area (Å²) >= 11 is 3.17. The molecule has 1 aliphatic carbocycles. The number of aryl methyl sites for hydroxylation is 2. The number of nitrogens with one attached hydrogen (secondary N) is 2. The van der Waals surface area contributed by atoms with E-state index >= 15 is 0 Å². The third-order valence-electron chi connectivity index (χ3n) is 5.73. The van der Waals surface area contributed by atoms with Crippen LogP contribution in [0.3, 0.4) is 0 Å². The minimum absolute atomic E-state index is 0.0153. The van der Waals surface area contributed by atoms with Gasteiger partial charge < -0.3 is 10.6 Å². The standard InChI is InChI=1S/C26H24N4OS2/c1-17-12-13-19(32-24-16-28-26(33-24)30-23-11-4-5-14-27-23)15-21(17)25(31)29-22-10-6-8-18-7-2-3-9-20(18)22/h2-5,7,9,11-16,22H,6,8,10H2,1H3,(H,29,31)(H,27,28,30). The van der Waals surface area contributed by atoms with E-state index in [-0.39, 0.29) is 11.9 Å². The molecule has 2 aromatic carbocycles. The first kappa shape index (κ1) is 21.7. The van der Waals surface area contributed by atoms with Crippen molar-refractivity contribution in [3.8, 4) is 0 Å². The second kappa shape index (κ2) is 9.77. The zero-order chi connectivity index (χ0) is 22.6. The van der Waals surface area contributed by atoms with Crippen LogP contribution in [-0.2, 0) is 6.42 Å². The Morgan fingerprint density at radius 2 is 1.97 bits per heavy atom. The predicted octanol–water partition coefficient (Wildman–Crippen LogP) is 6.55. The average molecular weight is 473 g/mol. The van der Waals surface area contributed by atoms with E-state index in [1.165, 1.54) is 11.1 Å². The Hall–Kier alpha value is -3.16. The summed E-state index contributed by atoms with van der Waals surface area (Å²) < 4.78 is 1.05. The Kier molecular flexibility index (Phi) is 6.41. The summed E-state index contributed by atoms with van der Waals surface area (Å²) in [6, 6.07) is 20.3. The molecule has 1 unspecified atom stereocenters. The van der Waals surface area contributed by atoms with E-state index in [0.29, 0.717) is 0 Å². The highest BCUT2D eigenvalue weighted by Gasteiger charge is 2.22. The molecule has 0 spiro atoms. The van der Waals surface area contributed by atoms with Gasteiger partial charge in [0.05, 0.1) is 16.4 Å². The fourth-order valence-corrected chi connectivity index (χ4v) is 5.98. The molecule has 1 atom stereocenters. The first-order chi connectivity index (χ1) is 16.2. The quantitative estimate of drug-likeness (QED) is 0.333. The molecule has 33 heavy (non-hydrogen) atoms. The van der Waals surface area contributed by atoms with Crippen LogP contribution in [0.1, 0.15) is 45.9 Å². The van der Waals surface area contributed by atoms with E-state index in [4.69, 9.17) is 0 Å². The summed E-state index contributed by atoms with van der Waals surface area (Å²) in [5.74, 6) is 0.750. The third-order valence-corrected chi connectivity index (χ3v) is 7.73. The van der Waals surface area contributed by atoms with Gasteiger partial charge in [-0.05, 0) is 67.1 Å². The number of carbonyl (C=O) groups is 1. The van der Waals surface area contributed by atoms with Gasteiger partial charge in [0.1, 0.15) is 5.82 Å². The van der Waals surface area contributed by atoms with Crippen molar-refractivity contribution >= 4 is 40.0 Å². The van der Waals surface area contributed by atoms with Crippen molar-refractivity contribution in [3.63, 3.8) is 0 Å². The second-order valence-electron chi connectivity index (χ2n) is 8.02. The number of carbonyl (C=O) groups excluding carboxylic acids is 1. The lowest BCUT2D eigenvalue weighted by atomic mass is 9.87. The summed E-state index contributed by atoms with van der Waals surface area (Å²) in [7, 11) is 0. The number of fused-ring (bicyclic) bond motifs is 1. The molecule has 0 radical (unpaired) electrons. The molecule has 5 rings (SSSR count). The Balaban J connectivity index is 1.29. The fourth-order valence-electron chi connectivity index (χ4n) is 4.08. The molecule has 2 aromatic heterocycles. The largest absolute Gasteiger partial charge is 0.345 e. The summed E-state index contributed by atoms with van der Waals surface area (Å²) in [6.45, 7) is 1.99. The molecule has 1 amide bonds. The fraction of sp³-hybridized carbons (Fsp3) is 0.192. The van der Waals surface area contributed by atoms with Gasteiger partial charge in [0.15, 0.2) is 5.13 Å². The molecule has 7 heteroatoms. The lowest BCUT2D eigenvalue weighted by molar-refractivity contribution is 0.0932. The molecule has 166 valence electrons. The summed E-state index contributed by atoms with van der Waals surface area (Å²) in [5, 5.41) is 7.29. The van der Waals surface area contributed by atoms with Crippen LogP contribution in [0.2, 0.25) is 0 Å². The SMILES string of the molecule is Cc1ccc(Sc2cnc(Nc3ccccn3)s2)cc1C(=O)NC1CCCc2ccccc21. The maximum atomic E-state index is 13.2. The molecule has 0 bridgehead atoms. The Morgan fingerprint density at radius 3 is 2.85 bits per heavy atom. The van der Waals surface area contributed by atoms with Crippen LogP contribution < -0.4 is 10.6 Å². The van der Waals surface area contributed by atoms with Gasteiger partial charge in [-0.25, -0.2) is 9.97 Å². The van der Waals surface area contributed by atoms with Crippen molar-refractivity contribution < 1.29 is 4.79 Å². The van der Waals surface area contributed by atoms with Crippen molar-refractivity contribution in [2.45, 2.75) is 41.3 Å². The smallest absolute Gasteiger partial charge is 0.252 e. The van der Waals surface area contributed by atoms with Gasteiger partial charge in [-0.2, -0.15) is 0 Å². The molecule has 4 aromatic rings. The number of nitrogens with zero attached hydrogens (tertiary/aromatic N) is 2. The van der Waals surface area contributed by atoms with Gasteiger partial charge in [-0.15, -0.1) is 0 Å². The van der Waals surface area contributed by atoms with Gasteiger partial charge in [0, 0.05) is 16.7 Å². The zero-order valence-electron chi connectivity index (χ0n) is 18.2. The molecule has 2 N–H and O–H groups in total. The minimum Gasteiger partial charge on any atom is -0.345 e. The third kappa shape index (κ3) is 5.10. The molecular formula is C26H24N4OS2. The Morgan fingerprint density at radius 1 is 1.09 bits per heavy atom. The number of rotatable bonds is 6. The molecular weight excluding hydrogens is 448 g/mol. The van der Waals surface area contributed by atoms with Crippen molar-refractivity contribution in [2.24, 2.45) is 0 Å². The number of pyridine rings is 1. The average Bonchev–Trinajstić information content (AvgIpc) is 3.27. The first-order valence-electron chi connectivity index (χ1n) is 11.0. The highest BCUT2D eigenvalue weighted by atomic mass is 32.2. The number of anilines is 2. The molecule has 0 saturated heterocycles. The van der Waals surface area contributed by atoms with Crippen molar-refractivity contribution in [1.29, 1.82) is 0 Å². The lowest BCUT2D eigenvalue weighted by Gasteiger charge is -2.26. The van der Waals surface area contributed by atoms with Crippen molar-refractivity contribution in [1.82, 2.24) is 15.3 Å². The van der Waals surface area contributed by atoms with Gasteiger partial charge in [-0.1, -0.05) is 59.5 Å². The van der Waals surface area contributed by atoms with Crippen LogP contribution in [0.5, 0.6) is 0 Å². The highest BCUT2D eigenvalue weighted by molar-refractivity contribution is 8.01. The maximum absolute atomic E-state index is 13.2. The predicted molar refractivity (Wildman–Crippen MR) is 135 cm³/mol. The van der Waals surface area contributed by atoms with E-state index in [2.05, 4.69) is 50.9 Å². The van der Waals surface area contributed by atoms with E-state index in [1.807, 2.05) is 43.5 Å². The first-order valence-corrected chi connectivity index (χ1v) is 12.6. The van der Waals surface area contributed by atoms with E-state index in [9.17, 15) is 4.79 Å². The second-order valence-corrected chi connectivity index (χ2v) is 10.4. The summed E-state index contributed by atoms with van der Waals surface area (Å²) in [5.41, 5.74) is 4.29. The van der Waals surface area contributed by atoms with Crippen molar-refractivity contribution in [3.05, 3.63) is 95.3 Å². The molecule has 2 heterocycles. The van der Waals surface area contributed by atoms with Gasteiger partial charge in [-0.3, -0.25) is 4.79 Å². The van der Waals surface area contributed by atoms with E-state index < -0.39 is 0 Å². The van der Waals surface area contributed by atoms with Crippen LogP contribution in [0, 0.1) is 6.92 Å². The zero-order valence-corrected chi connectivity index (χ0v) is 19.9. The molecule has 1 aliphatic rings. The molecule has 5 nitrogen and oxygen atoms in total. The van der Waals surface area contributed by atoms with Crippen LogP contribution in [0.25, 0.3) is 0 Å². The normalized spacial score (nSPS) is 15.0. The van der Waals surface area contributed by atoms with E-state index in [1.54, 1.807) is 29.3 Å². The summed E-state index contributed by atoms with van der Waals surface area (Å²) in [6.07, 6.45) is 6.75. The van der Waals surface area contributed by atoms with Gasteiger partial charge >= 0.3 is 0 Å². The number of thiazole rings is 1. The number of benzene rings is 2. The van der Waals surface area contributed by atoms with Crippen LogP contribution in [-0.4, -0.2) is 15.9 Å². The van der Waals surface area contributed by atoms with Crippen molar-refractivity contribution in [2.75, 3.05) is 5.32 Å². The molecule has 0 saturated carbocycles. The lowest BCUT2D eigenvalue weighted by Crippen LogP contribution is -2.31. The highest BCUT2D eigenvalue weighted by Crippen LogP contribution is 2.36. The Labute approximate surface area is 201 Å². The van der Waals surface area contributed by atoms with Crippen LogP contribution in [0.15, 0.2) is 82.2 Å². The minimum atomic E-state index is -0.0153. The monoisotopic (exact) mass is 472 g/mol. The topological polar surface area (TPSA) is 66.9 Å². The number of hydrogen-bond acceptors (Lipinski definition) is 6. The Bertz CT molecular complexity index is 1270. The number of aromatic nitrogens is 2. The van der Waals surface area contributed by atoms with Gasteiger partial charge in [0.2, 0.25) is 0 Å². The molecule has 0 aliphatic heterocycles. The number of amides is 1. The van der Waals surface area contributed by atoms with E-state index in [0.717, 1.165) is 50.4 Å². The van der Waals surface area contributed by atoms with Crippen LogP contribution >= 0.6 is 23.1 Å². The maximum Gasteiger partial charge on any atom is 0.252 e. The molecule has 0 fully saturated rings. The van der Waals surface area contributed by atoms with Crippen LogP contribution in [0.4, 0.5) is 10.9 Å². The van der Waals surface area contributed by atoms with Gasteiger partial charge in [0.25, 0.3) is 5.91 Å². The summed E-state index contributed by atoms with van der Waals surface area (Å²) in [4.78, 5) is 22.9. The number of hydrogen-bond donors (Lipinski definition) is 2.